The highest BCUT2D eigenvalue weighted by Gasteiger charge is 2.32. The van der Waals surface area contributed by atoms with Crippen molar-refractivity contribution in [1.29, 1.82) is 0 Å². The SMILES string of the molecule is C1=NO[C@H]2OCC[C@H]12. The van der Waals surface area contributed by atoms with Crippen LogP contribution in [0.2, 0.25) is 0 Å². The van der Waals surface area contributed by atoms with Gasteiger partial charge in [-0.1, -0.05) is 5.16 Å². The molecule has 1 fully saturated rings. The lowest BCUT2D eigenvalue weighted by Crippen LogP contribution is -2.11. The molecular weight excluding hydrogens is 106 g/mol. The van der Waals surface area contributed by atoms with Crippen molar-refractivity contribution in [1.82, 2.24) is 0 Å². The molecule has 2 atom stereocenters. The van der Waals surface area contributed by atoms with Crippen LogP contribution in [0.1, 0.15) is 6.42 Å². The van der Waals surface area contributed by atoms with Gasteiger partial charge in [0.25, 0.3) is 0 Å². The summed E-state index contributed by atoms with van der Waals surface area (Å²) < 4.78 is 5.13. The first-order valence-corrected chi connectivity index (χ1v) is 2.78. The summed E-state index contributed by atoms with van der Waals surface area (Å²) in [5.74, 6) is 0.440. The van der Waals surface area contributed by atoms with Crippen molar-refractivity contribution in [3.63, 3.8) is 0 Å². The first-order valence-electron chi connectivity index (χ1n) is 2.78. The third-order valence-corrected chi connectivity index (χ3v) is 1.50. The Bertz CT molecular complexity index is 124. The van der Waals surface area contributed by atoms with Gasteiger partial charge in [-0.2, -0.15) is 0 Å². The van der Waals surface area contributed by atoms with Crippen molar-refractivity contribution in [2.75, 3.05) is 6.61 Å². The Kier molecular flexibility index (Phi) is 0.784. The first kappa shape index (κ1) is 4.32. The topological polar surface area (TPSA) is 30.8 Å². The third kappa shape index (κ3) is 0.448. The van der Waals surface area contributed by atoms with Gasteiger partial charge in [-0.25, -0.2) is 0 Å². The molecule has 0 amide bonds. The normalized spacial score (nSPS) is 42.0. The van der Waals surface area contributed by atoms with Gasteiger partial charge in [0.2, 0.25) is 6.29 Å². The van der Waals surface area contributed by atoms with Gasteiger partial charge in [0.1, 0.15) is 0 Å². The molecule has 0 aromatic heterocycles. The van der Waals surface area contributed by atoms with Crippen LogP contribution in [0.3, 0.4) is 0 Å². The second kappa shape index (κ2) is 1.45. The quantitative estimate of drug-likeness (QED) is 0.454. The molecule has 0 bridgehead atoms. The largest absolute Gasteiger partial charge is 0.363 e. The van der Waals surface area contributed by atoms with Crippen molar-refractivity contribution in [3.8, 4) is 0 Å². The molecule has 8 heavy (non-hydrogen) atoms. The van der Waals surface area contributed by atoms with E-state index in [-0.39, 0.29) is 6.29 Å². The zero-order valence-corrected chi connectivity index (χ0v) is 4.41. The average Bonchev–Trinajstić information content (AvgIpc) is 2.15. The van der Waals surface area contributed by atoms with Crippen LogP contribution in [0, 0.1) is 5.92 Å². The number of hydrogen-bond acceptors (Lipinski definition) is 3. The Balaban J connectivity index is 2.13. The van der Waals surface area contributed by atoms with Gasteiger partial charge in [-0.05, 0) is 6.42 Å². The van der Waals surface area contributed by atoms with Crippen LogP contribution in [0.15, 0.2) is 5.16 Å². The summed E-state index contributed by atoms with van der Waals surface area (Å²) >= 11 is 0. The van der Waals surface area contributed by atoms with E-state index in [0.717, 1.165) is 13.0 Å². The summed E-state index contributed by atoms with van der Waals surface area (Å²) in [4.78, 5) is 4.82. The molecule has 2 rings (SSSR count). The second-order valence-corrected chi connectivity index (χ2v) is 2.05. The van der Waals surface area contributed by atoms with E-state index >= 15 is 0 Å². The lowest BCUT2D eigenvalue weighted by atomic mass is 10.1. The second-order valence-electron chi connectivity index (χ2n) is 2.05. The molecule has 2 aliphatic rings. The predicted molar refractivity (Wildman–Crippen MR) is 27.4 cm³/mol. The maximum atomic E-state index is 5.13. The number of nitrogens with zero attached hydrogens (tertiary/aromatic N) is 1. The fourth-order valence-electron chi connectivity index (χ4n) is 1.01. The van der Waals surface area contributed by atoms with Crippen LogP contribution in [0.5, 0.6) is 0 Å². The summed E-state index contributed by atoms with van der Waals surface area (Å²) in [6.07, 6.45) is 2.83. The molecule has 0 radical (unpaired) electrons. The molecule has 2 aliphatic heterocycles. The minimum absolute atomic E-state index is 0.0463. The van der Waals surface area contributed by atoms with E-state index in [1.54, 1.807) is 0 Å². The van der Waals surface area contributed by atoms with Crippen LogP contribution in [-0.2, 0) is 9.57 Å². The van der Waals surface area contributed by atoms with E-state index in [2.05, 4.69) is 5.16 Å². The number of oxime groups is 1. The highest BCUT2D eigenvalue weighted by atomic mass is 16.8. The lowest BCUT2D eigenvalue weighted by Gasteiger charge is -2.02. The molecule has 1 saturated heterocycles. The molecular formula is C5H7NO2. The molecule has 0 saturated carbocycles. The lowest BCUT2D eigenvalue weighted by molar-refractivity contribution is -0.105. The molecule has 0 spiro atoms. The smallest absolute Gasteiger partial charge is 0.234 e. The fourth-order valence-corrected chi connectivity index (χ4v) is 1.01. The van der Waals surface area contributed by atoms with Gasteiger partial charge >= 0.3 is 0 Å². The third-order valence-electron chi connectivity index (χ3n) is 1.50. The molecule has 3 nitrogen and oxygen atoms in total. The van der Waals surface area contributed by atoms with Gasteiger partial charge < -0.3 is 9.57 Å². The Morgan fingerprint density at radius 1 is 1.62 bits per heavy atom. The average molecular weight is 113 g/mol. The molecule has 0 unspecified atom stereocenters. The van der Waals surface area contributed by atoms with Crippen LogP contribution in [0.4, 0.5) is 0 Å². The van der Waals surface area contributed by atoms with Crippen molar-refractivity contribution in [2.45, 2.75) is 12.7 Å². The molecule has 3 heteroatoms. The van der Waals surface area contributed by atoms with Crippen molar-refractivity contribution in [2.24, 2.45) is 11.1 Å². The van der Waals surface area contributed by atoms with Gasteiger partial charge in [0.15, 0.2) is 0 Å². The summed E-state index contributed by atoms with van der Waals surface area (Å²) in [7, 11) is 0. The van der Waals surface area contributed by atoms with Crippen molar-refractivity contribution >= 4 is 6.21 Å². The standard InChI is InChI=1S/C5H7NO2/c1-2-7-5-4(1)3-6-8-5/h3-5H,1-2H2/t4-,5-/m1/s1. The predicted octanol–water partition coefficient (Wildman–Crippen LogP) is 0.365. The van der Waals surface area contributed by atoms with E-state index in [9.17, 15) is 0 Å². The van der Waals surface area contributed by atoms with Gasteiger partial charge in [0, 0.05) is 0 Å². The first-order chi connectivity index (χ1) is 3.97. The molecule has 0 N–H and O–H groups in total. The minimum atomic E-state index is -0.0463. The maximum Gasteiger partial charge on any atom is 0.234 e. The van der Waals surface area contributed by atoms with E-state index in [4.69, 9.17) is 9.57 Å². The Morgan fingerprint density at radius 3 is 3.50 bits per heavy atom. The van der Waals surface area contributed by atoms with Gasteiger partial charge in [-0.3, -0.25) is 0 Å². The number of ether oxygens (including phenoxy) is 1. The Labute approximate surface area is 47.3 Å². The van der Waals surface area contributed by atoms with Crippen LogP contribution >= 0.6 is 0 Å². The van der Waals surface area contributed by atoms with Crippen LogP contribution in [-0.4, -0.2) is 19.1 Å². The zero-order chi connectivity index (χ0) is 5.40. The Hall–Kier alpha value is -0.570. The van der Waals surface area contributed by atoms with Gasteiger partial charge in [0.05, 0.1) is 18.7 Å². The minimum Gasteiger partial charge on any atom is -0.363 e. The summed E-state index contributed by atoms with van der Waals surface area (Å²) in [5.41, 5.74) is 0. The Morgan fingerprint density at radius 2 is 2.62 bits per heavy atom. The van der Waals surface area contributed by atoms with E-state index < -0.39 is 0 Å². The maximum absolute atomic E-state index is 5.13. The fraction of sp³-hybridized carbons (Fsp3) is 0.800. The van der Waals surface area contributed by atoms with E-state index in [1.807, 2.05) is 6.21 Å². The highest BCUT2D eigenvalue weighted by molar-refractivity contribution is 5.62. The van der Waals surface area contributed by atoms with E-state index in [1.165, 1.54) is 0 Å². The van der Waals surface area contributed by atoms with E-state index in [0.29, 0.717) is 5.92 Å². The summed E-state index contributed by atoms with van der Waals surface area (Å²) in [6, 6.07) is 0. The number of hydrogen-bond donors (Lipinski definition) is 0. The molecule has 0 aliphatic carbocycles. The number of fused-ring (bicyclic) bond motifs is 1. The molecule has 0 aromatic carbocycles. The molecule has 44 valence electrons. The monoisotopic (exact) mass is 113 g/mol. The summed E-state index contributed by atoms with van der Waals surface area (Å²) in [6.45, 7) is 0.821. The highest BCUT2D eigenvalue weighted by Crippen LogP contribution is 2.23. The molecule has 0 aromatic rings. The molecule has 2 heterocycles. The van der Waals surface area contributed by atoms with Crippen molar-refractivity contribution in [3.05, 3.63) is 0 Å². The summed E-state index contributed by atoms with van der Waals surface area (Å²) in [5, 5.41) is 3.62. The van der Waals surface area contributed by atoms with Crippen LogP contribution < -0.4 is 0 Å². The van der Waals surface area contributed by atoms with Gasteiger partial charge in [-0.15, -0.1) is 0 Å². The number of rotatable bonds is 0. The zero-order valence-electron chi connectivity index (χ0n) is 4.41. The van der Waals surface area contributed by atoms with Crippen molar-refractivity contribution < 1.29 is 9.57 Å². The van der Waals surface area contributed by atoms with Crippen LogP contribution in [0.25, 0.3) is 0 Å².